The first-order chi connectivity index (χ1) is 25.4. The first-order valence-electron chi connectivity index (χ1n) is 17.6. The number of rotatable bonds is 16. The Balaban J connectivity index is 1.70. The van der Waals surface area contributed by atoms with Crippen LogP contribution in [-0.4, -0.2) is 61.1 Å². The summed E-state index contributed by atoms with van der Waals surface area (Å²) in [7, 11) is -1.49. The molecule has 0 aliphatic carbocycles. The fourth-order valence-electron chi connectivity index (χ4n) is 5.96. The summed E-state index contributed by atoms with van der Waals surface area (Å²) >= 11 is 0. The van der Waals surface area contributed by atoms with Gasteiger partial charge in [-0.1, -0.05) is 48.5 Å². The second-order valence-electron chi connectivity index (χ2n) is 14.6. The summed E-state index contributed by atoms with van der Waals surface area (Å²) in [5.74, 6) is -2.14. The van der Waals surface area contributed by atoms with E-state index in [0.29, 0.717) is 28.9 Å². The molecule has 290 valence electrons. The van der Waals surface area contributed by atoms with Crippen LogP contribution in [0.2, 0.25) is 0 Å². The maximum Gasteiger partial charge on any atom is 0.338 e. The number of sulfonamides is 1. The van der Waals surface area contributed by atoms with Gasteiger partial charge in [0.15, 0.2) is 0 Å². The monoisotopic (exact) mass is 762 g/mol. The van der Waals surface area contributed by atoms with Crippen molar-refractivity contribution in [3.63, 3.8) is 0 Å². The van der Waals surface area contributed by atoms with Gasteiger partial charge in [0.25, 0.3) is 0 Å². The molecule has 0 bridgehead atoms. The van der Waals surface area contributed by atoms with Gasteiger partial charge in [-0.2, -0.15) is 0 Å². The molecule has 1 atom stereocenters. The van der Waals surface area contributed by atoms with Crippen LogP contribution in [0, 0.1) is 12.3 Å². The second-order valence-corrected chi connectivity index (χ2v) is 16.3. The first-order valence-corrected chi connectivity index (χ1v) is 19.2. The SMILES string of the molecule is CCCn1cc(CO[C@H](c2ccc(C)c(Cc3c(NS(=O)(=O)Cc4cccc(C(=O)OC(C)(C)C)c4)cccc3C(=O)OC)c2)C(C)(C)C(=O)OC)nn1. The van der Waals surface area contributed by atoms with Crippen LogP contribution in [0.1, 0.15) is 108 Å². The Hall–Kier alpha value is -5.08. The molecule has 0 unspecified atom stereocenters. The number of carbonyl (C=O) groups is 3. The fourth-order valence-corrected chi connectivity index (χ4v) is 7.18. The fraction of sp³-hybridized carbons (Fsp3) is 0.425. The van der Waals surface area contributed by atoms with Crippen LogP contribution in [0.4, 0.5) is 5.69 Å². The highest BCUT2D eigenvalue weighted by Gasteiger charge is 2.40. The number of nitrogens with zero attached hydrogens (tertiary/aromatic N) is 3. The van der Waals surface area contributed by atoms with Gasteiger partial charge in [0, 0.05) is 13.0 Å². The number of ether oxygens (including phenoxy) is 4. The van der Waals surface area contributed by atoms with Crippen molar-refractivity contribution in [1.82, 2.24) is 15.0 Å². The summed E-state index contributed by atoms with van der Waals surface area (Å²) in [5, 5.41) is 8.35. The molecule has 14 heteroatoms. The van der Waals surface area contributed by atoms with E-state index in [1.54, 1.807) is 81.9 Å². The molecule has 0 spiro atoms. The highest BCUT2D eigenvalue weighted by atomic mass is 32.2. The lowest BCUT2D eigenvalue weighted by Gasteiger charge is -2.32. The molecule has 0 aliphatic rings. The number of hydrogen-bond donors (Lipinski definition) is 1. The van der Waals surface area contributed by atoms with Crippen LogP contribution in [-0.2, 0) is 59.1 Å². The van der Waals surface area contributed by atoms with Crippen LogP contribution < -0.4 is 4.72 Å². The number of benzene rings is 3. The Labute approximate surface area is 317 Å². The summed E-state index contributed by atoms with van der Waals surface area (Å²) in [6, 6.07) is 16.6. The maximum atomic E-state index is 13.7. The van der Waals surface area contributed by atoms with E-state index in [2.05, 4.69) is 15.0 Å². The average Bonchev–Trinajstić information content (AvgIpc) is 3.55. The second kappa shape index (κ2) is 17.4. The first kappa shape index (κ1) is 41.7. The largest absolute Gasteiger partial charge is 0.469 e. The van der Waals surface area contributed by atoms with Crippen molar-refractivity contribution in [2.24, 2.45) is 5.41 Å². The van der Waals surface area contributed by atoms with E-state index in [4.69, 9.17) is 18.9 Å². The summed E-state index contributed by atoms with van der Waals surface area (Å²) < 4.78 is 53.8. The number of nitrogens with one attached hydrogen (secondary N) is 1. The lowest BCUT2D eigenvalue weighted by molar-refractivity contribution is -0.162. The molecule has 1 aromatic heterocycles. The molecule has 4 rings (SSSR count). The van der Waals surface area contributed by atoms with Gasteiger partial charge in [-0.15, -0.1) is 5.10 Å². The molecule has 0 saturated carbocycles. The standard InChI is InChI=1S/C40H50N4O9S/c1-10-19-44-23-31(41-43-44)24-52-35(40(6,7)38(47)51-9)28-18-17-26(2)30(21-28)22-33-32(37(46)50-8)15-12-16-34(33)42-54(48,49)25-27-13-11-14-29(20-27)36(45)53-39(3,4)5/h11-18,20-21,23,35,42H,10,19,22,24-25H2,1-9H3/t35-/m1/s1. The van der Waals surface area contributed by atoms with Crippen molar-refractivity contribution >= 4 is 33.6 Å². The summed E-state index contributed by atoms with van der Waals surface area (Å²) in [6.45, 7) is 13.4. The van der Waals surface area contributed by atoms with Gasteiger partial charge in [-0.3, -0.25) is 14.2 Å². The molecular formula is C40H50N4O9S. The molecule has 1 N–H and O–H groups in total. The third-order valence-corrected chi connectivity index (χ3v) is 9.86. The molecule has 54 heavy (non-hydrogen) atoms. The summed E-state index contributed by atoms with van der Waals surface area (Å²) in [6.07, 6.45) is 2.02. The van der Waals surface area contributed by atoms with Crippen molar-refractivity contribution in [3.8, 4) is 0 Å². The zero-order valence-electron chi connectivity index (χ0n) is 32.4. The smallest absolute Gasteiger partial charge is 0.338 e. The quantitative estimate of drug-likeness (QED) is 0.0951. The highest BCUT2D eigenvalue weighted by molar-refractivity contribution is 7.91. The van der Waals surface area contributed by atoms with E-state index in [1.165, 1.54) is 20.3 Å². The maximum absolute atomic E-state index is 13.7. The van der Waals surface area contributed by atoms with E-state index in [1.807, 2.05) is 32.0 Å². The van der Waals surface area contributed by atoms with E-state index in [9.17, 15) is 22.8 Å². The molecule has 4 aromatic rings. The van der Waals surface area contributed by atoms with Crippen molar-refractivity contribution in [2.75, 3.05) is 18.9 Å². The van der Waals surface area contributed by atoms with Gasteiger partial charge in [-0.05, 0) is 100 Å². The third kappa shape index (κ3) is 10.8. The van der Waals surface area contributed by atoms with E-state index in [0.717, 1.165) is 17.5 Å². The minimum absolute atomic E-state index is 0.0792. The van der Waals surface area contributed by atoms with Crippen LogP contribution in [0.5, 0.6) is 0 Å². The summed E-state index contributed by atoms with van der Waals surface area (Å²) in [4.78, 5) is 38.8. The Morgan fingerprint density at radius 3 is 2.31 bits per heavy atom. The topological polar surface area (TPSA) is 165 Å². The Morgan fingerprint density at radius 2 is 1.65 bits per heavy atom. The zero-order valence-corrected chi connectivity index (χ0v) is 33.2. The van der Waals surface area contributed by atoms with E-state index in [-0.39, 0.29) is 29.8 Å². The molecule has 13 nitrogen and oxygen atoms in total. The molecular weight excluding hydrogens is 713 g/mol. The number of aromatic nitrogens is 3. The van der Waals surface area contributed by atoms with Crippen molar-refractivity contribution in [3.05, 3.63) is 111 Å². The number of methoxy groups -OCH3 is 2. The van der Waals surface area contributed by atoms with Gasteiger partial charge in [0.05, 0.1) is 61.1 Å². The molecule has 0 saturated heterocycles. The third-order valence-electron chi connectivity index (χ3n) is 8.61. The number of esters is 3. The number of aryl methyl sites for hydroxylation is 2. The van der Waals surface area contributed by atoms with Crippen molar-refractivity contribution in [1.29, 1.82) is 0 Å². The van der Waals surface area contributed by atoms with Gasteiger partial charge in [0.1, 0.15) is 11.3 Å². The lowest BCUT2D eigenvalue weighted by atomic mass is 9.81. The Kier molecular flexibility index (Phi) is 13.4. The number of carbonyl (C=O) groups excluding carboxylic acids is 3. The lowest BCUT2D eigenvalue weighted by Crippen LogP contribution is -2.34. The number of anilines is 1. The molecule has 3 aromatic carbocycles. The Bertz CT molecular complexity index is 2080. The normalized spacial score (nSPS) is 12.5. The summed E-state index contributed by atoms with van der Waals surface area (Å²) in [5.41, 5.74) is 2.34. The number of hydrogen-bond acceptors (Lipinski definition) is 11. The zero-order chi connectivity index (χ0) is 39.8. The average molecular weight is 763 g/mol. The van der Waals surface area contributed by atoms with Crippen molar-refractivity contribution < 1.29 is 41.7 Å². The van der Waals surface area contributed by atoms with Crippen LogP contribution >= 0.6 is 0 Å². The predicted octanol–water partition coefficient (Wildman–Crippen LogP) is 6.73. The van der Waals surface area contributed by atoms with Gasteiger partial charge < -0.3 is 18.9 Å². The molecule has 0 aliphatic heterocycles. The van der Waals surface area contributed by atoms with E-state index >= 15 is 0 Å². The Morgan fingerprint density at radius 1 is 0.926 bits per heavy atom. The van der Waals surface area contributed by atoms with Crippen LogP contribution in [0.3, 0.4) is 0 Å². The van der Waals surface area contributed by atoms with Crippen molar-refractivity contribution in [2.45, 2.75) is 91.9 Å². The minimum Gasteiger partial charge on any atom is -0.469 e. The van der Waals surface area contributed by atoms with Crippen LogP contribution in [0.25, 0.3) is 0 Å². The molecule has 0 amide bonds. The predicted molar refractivity (Wildman–Crippen MR) is 203 cm³/mol. The van der Waals surface area contributed by atoms with Gasteiger partial charge in [-0.25, -0.2) is 18.0 Å². The highest BCUT2D eigenvalue weighted by Crippen LogP contribution is 2.39. The minimum atomic E-state index is -4.07. The molecule has 0 radical (unpaired) electrons. The van der Waals surface area contributed by atoms with Gasteiger partial charge in [0.2, 0.25) is 10.0 Å². The van der Waals surface area contributed by atoms with Crippen LogP contribution in [0.15, 0.2) is 66.9 Å². The molecule has 0 fully saturated rings. The van der Waals surface area contributed by atoms with Gasteiger partial charge >= 0.3 is 17.9 Å². The van der Waals surface area contributed by atoms with E-state index < -0.39 is 50.8 Å². The molecule has 1 heterocycles.